The summed E-state index contributed by atoms with van der Waals surface area (Å²) in [6, 6.07) is 10.5. The van der Waals surface area contributed by atoms with Crippen molar-refractivity contribution in [2.75, 3.05) is 4.90 Å². The molecule has 0 saturated heterocycles. The van der Waals surface area contributed by atoms with E-state index in [-0.39, 0.29) is 22.5 Å². The lowest BCUT2D eigenvalue weighted by molar-refractivity contribution is 0.0993. The molecule has 1 unspecified atom stereocenters. The molecule has 0 N–H and O–H groups in total. The molecule has 7 heteroatoms. The normalized spacial score (nSPS) is 16.1. The molecule has 3 heterocycles. The Bertz CT molecular complexity index is 1100. The molecule has 0 fully saturated rings. The van der Waals surface area contributed by atoms with Crippen LogP contribution in [0.3, 0.4) is 0 Å². The van der Waals surface area contributed by atoms with Crippen molar-refractivity contribution in [2.24, 2.45) is 14.1 Å². The first kappa shape index (κ1) is 17.9. The lowest BCUT2D eigenvalue weighted by atomic mass is 10.0. The molecule has 1 aliphatic heterocycles. The minimum Gasteiger partial charge on any atom is -0.349 e. The van der Waals surface area contributed by atoms with Gasteiger partial charge in [-0.2, -0.15) is 0 Å². The summed E-state index contributed by atoms with van der Waals surface area (Å²) in [4.78, 5) is 26.9. The summed E-state index contributed by atoms with van der Waals surface area (Å²) in [5, 5.41) is 0.702. The van der Waals surface area contributed by atoms with Crippen molar-refractivity contribution >= 4 is 34.8 Å². The molecular weight excluding hydrogens is 385 g/mol. The number of fused-ring (bicyclic) bond motifs is 1. The van der Waals surface area contributed by atoms with Gasteiger partial charge in [0.25, 0.3) is 11.5 Å². The Morgan fingerprint density at radius 3 is 2.30 bits per heavy atom. The molecule has 0 bridgehead atoms. The number of aryl methyl sites for hydroxylation is 2. The van der Waals surface area contributed by atoms with Gasteiger partial charge in [0, 0.05) is 31.0 Å². The van der Waals surface area contributed by atoms with E-state index >= 15 is 0 Å². The molecule has 2 aromatic heterocycles. The lowest BCUT2D eigenvalue weighted by Crippen LogP contribution is -2.31. The number of pyridine rings is 1. The van der Waals surface area contributed by atoms with Crippen LogP contribution in [0, 0.1) is 6.92 Å². The Morgan fingerprint density at radius 2 is 1.67 bits per heavy atom. The van der Waals surface area contributed by atoms with Gasteiger partial charge in [-0.25, -0.2) is 0 Å². The first-order valence-corrected chi connectivity index (χ1v) is 9.16. The van der Waals surface area contributed by atoms with E-state index in [9.17, 15) is 9.59 Å². The fourth-order valence-electron chi connectivity index (χ4n) is 3.63. The van der Waals surface area contributed by atoms with Crippen LogP contribution in [0.25, 0.3) is 0 Å². The van der Waals surface area contributed by atoms with Crippen LogP contribution in [-0.2, 0) is 14.1 Å². The van der Waals surface area contributed by atoms with Crippen LogP contribution in [0.1, 0.15) is 33.4 Å². The molecule has 3 aromatic rings. The van der Waals surface area contributed by atoms with E-state index in [2.05, 4.69) is 0 Å². The summed E-state index contributed by atoms with van der Waals surface area (Å²) in [6.07, 6.45) is 1.63. The highest BCUT2D eigenvalue weighted by molar-refractivity contribution is 6.31. The Balaban J connectivity index is 1.96. The highest BCUT2D eigenvalue weighted by Gasteiger charge is 2.41. The van der Waals surface area contributed by atoms with Crippen LogP contribution >= 0.6 is 23.2 Å². The largest absolute Gasteiger partial charge is 0.349 e. The smallest absolute Gasteiger partial charge is 0.269 e. The summed E-state index contributed by atoms with van der Waals surface area (Å²) in [5.74, 6) is -0.122. The van der Waals surface area contributed by atoms with Crippen LogP contribution < -0.4 is 10.5 Å². The van der Waals surface area contributed by atoms with Crippen molar-refractivity contribution in [3.8, 4) is 0 Å². The molecule has 4 rings (SSSR count). The molecule has 1 aliphatic rings. The van der Waals surface area contributed by atoms with E-state index in [1.807, 2.05) is 36.7 Å². The number of hydrogen-bond acceptors (Lipinski definition) is 2. The fraction of sp³-hybridized carbons (Fsp3) is 0.200. The van der Waals surface area contributed by atoms with Gasteiger partial charge < -0.3 is 9.13 Å². The average Bonchev–Trinajstić information content (AvgIpc) is 3.08. The van der Waals surface area contributed by atoms with Gasteiger partial charge in [-0.1, -0.05) is 35.3 Å². The summed E-state index contributed by atoms with van der Waals surface area (Å²) >= 11 is 12.2. The number of benzene rings is 1. The number of carbonyl (C=O) groups excluding carboxylic acids is 1. The number of anilines is 1. The molecule has 1 aromatic carbocycles. The molecule has 138 valence electrons. The van der Waals surface area contributed by atoms with Gasteiger partial charge in [-0.3, -0.25) is 14.5 Å². The number of rotatable bonds is 2. The molecular formula is C20H17Cl2N3O2. The van der Waals surface area contributed by atoms with Crippen molar-refractivity contribution in [1.82, 2.24) is 9.13 Å². The van der Waals surface area contributed by atoms with E-state index in [0.717, 1.165) is 17.0 Å². The van der Waals surface area contributed by atoms with E-state index < -0.39 is 0 Å². The van der Waals surface area contributed by atoms with Crippen molar-refractivity contribution in [2.45, 2.75) is 13.0 Å². The number of amides is 1. The average molecular weight is 402 g/mol. The standard InChI is InChI=1S/C20H17Cl2N3O2/c1-11-8-15-18(24(11)3)17(12-4-6-13(21)7-5-12)25(19(15)26)14-9-16(22)20(27)23(2)10-14/h4-10,17H,1-3H3. The third kappa shape index (κ3) is 2.69. The molecule has 0 radical (unpaired) electrons. The maximum Gasteiger partial charge on any atom is 0.269 e. The first-order chi connectivity index (χ1) is 12.8. The number of nitrogens with zero attached hydrogens (tertiary/aromatic N) is 3. The van der Waals surface area contributed by atoms with Gasteiger partial charge in [0.1, 0.15) is 11.1 Å². The zero-order chi connectivity index (χ0) is 19.5. The van der Waals surface area contributed by atoms with Gasteiger partial charge in [0.15, 0.2) is 0 Å². The number of carbonyl (C=O) groups is 1. The summed E-state index contributed by atoms with van der Waals surface area (Å²) in [5.41, 5.74) is 3.76. The second-order valence-electron chi connectivity index (χ2n) is 6.74. The SMILES string of the molecule is Cc1cc2c(n1C)C(c1ccc(Cl)cc1)N(c1cc(Cl)c(=O)n(C)c1)C2=O. The quantitative estimate of drug-likeness (QED) is 0.648. The van der Waals surface area contributed by atoms with Crippen molar-refractivity contribution in [3.63, 3.8) is 0 Å². The Kier molecular flexibility index (Phi) is 4.17. The molecule has 1 atom stereocenters. The summed E-state index contributed by atoms with van der Waals surface area (Å²) in [6.45, 7) is 1.97. The molecule has 0 spiro atoms. The molecule has 0 saturated carbocycles. The Labute approximate surface area is 166 Å². The van der Waals surface area contributed by atoms with E-state index in [0.29, 0.717) is 16.3 Å². The Hall–Kier alpha value is -2.50. The van der Waals surface area contributed by atoms with Crippen LogP contribution in [0.4, 0.5) is 5.69 Å². The highest BCUT2D eigenvalue weighted by Crippen LogP contribution is 2.42. The Morgan fingerprint density at radius 1 is 1.00 bits per heavy atom. The zero-order valence-electron chi connectivity index (χ0n) is 15.0. The number of aromatic nitrogens is 2. The second-order valence-corrected chi connectivity index (χ2v) is 7.58. The maximum absolute atomic E-state index is 13.3. The minimum atomic E-state index is -0.336. The zero-order valence-corrected chi connectivity index (χ0v) is 16.5. The van der Waals surface area contributed by atoms with Gasteiger partial charge in [-0.05, 0) is 36.8 Å². The van der Waals surface area contributed by atoms with Gasteiger partial charge >= 0.3 is 0 Å². The van der Waals surface area contributed by atoms with Gasteiger partial charge in [-0.15, -0.1) is 0 Å². The molecule has 5 nitrogen and oxygen atoms in total. The first-order valence-electron chi connectivity index (χ1n) is 8.41. The van der Waals surface area contributed by atoms with Crippen LogP contribution in [0.2, 0.25) is 10.0 Å². The maximum atomic E-state index is 13.3. The van der Waals surface area contributed by atoms with Crippen LogP contribution in [0.15, 0.2) is 47.4 Å². The van der Waals surface area contributed by atoms with Gasteiger partial charge in [0.2, 0.25) is 0 Å². The topological polar surface area (TPSA) is 47.2 Å². The molecule has 0 aliphatic carbocycles. The van der Waals surface area contributed by atoms with E-state index in [4.69, 9.17) is 23.2 Å². The molecule has 27 heavy (non-hydrogen) atoms. The number of hydrogen-bond donors (Lipinski definition) is 0. The summed E-state index contributed by atoms with van der Waals surface area (Å²) < 4.78 is 3.41. The van der Waals surface area contributed by atoms with Crippen molar-refractivity contribution < 1.29 is 4.79 Å². The third-order valence-corrected chi connectivity index (χ3v) is 5.60. The monoisotopic (exact) mass is 401 g/mol. The third-order valence-electron chi connectivity index (χ3n) is 5.08. The van der Waals surface area contributed by atoms with Crippen LogP contribution in [0.5, 0.6) is 0 Å². The minimum absolute atomic E-state index is 0.0739. The summed E-state index contributed by atoms with van der Waals surface area (Å²) in [7, 11) is 3.56. The highest BCUT2D eigenvalue weighted by atomic mass is 35.5. The van der Waals surface area contributed by atoms with E-state index in [1.54, 1.807) is 36.3 Å². The van der Waals surface area contributed by atoms with E-state index in [1.165, 1.54) is 4.57 Å². The van der Waals surface area contributed by atoms with Crippen molar-refractivity contribution in [1.29, 1.82) is 0 Å². The van der Waals surface area contributed by atoms with Crippen LogP contribution in [-0.4, -0.2) is 15.0 Å². The van der Waals surface area contributed by atoms with Gasteiger partial charge in [0.05, 0.1) is 16.9 Å². The second kappa shape index (κ2) is 6.29. The predicted octanol–water partition coefficient (Wildman–Crippen LogP) is 4.09. The fourth-order valence-corrected chi connectivity index (χ4v) is 4.00. The molecule has 1 amide bonds. The van der Waals surface area contributed by atoms with Crippen molar-refractivity contribution in [3.05, 3.63) is 85.5 Å². The number of halogens is 2. The predicted molar refractivity (Wildman–Crippen MR) is 107 cm³/mol. The lowest BCUT2D eigenvalue weighted by Gasteiger charge is -2.27.